The number of guanidine groups is 1. The summed E-state index contributed by atoms with van der Waals surface area (Å²) in [7, 11) is 1.81. The average molecular weight is 289 g/mol. The Morgan fingerprint density at radius 2 is 2.19 bits per heavy atom. The van der Waals surface area contributed by atoms with E-state index in [0.717, 1.165) is 44.5 Å². The van der Waals surface area contributed by atoms with E-state index in [-0.39, 0.29) is 11.5 Å². The third-order valence-corrected chi connectivity index (χ3v) is 4.08. The van der Waals surface area contributed by atoms with E-state index in [1.807, 2.05) is 18.2 Å². The number of hydrogen-bond acceptors (Lipinski definition) is 3. The summed E-state index contributed by atoms with van der Waals surface area (Å²) in [6.45, 7) is 5.46. The molecule has 2 N–H and O–H groups in total. The Labute approximate surface area is 125 Å². The zero-order valence-electron chi connectivity index (χ0n) is 12.7. The molecular weight excluding hydrogens is 266 g/mol. The third kappa shape index (κ3) is 3.13. The maximum Gasteiger partial charge on any atom is 0.191 e. The first-order valence-corrected chi connectivity index (χ1v) is 7.47. The van der Waals surface area contributed by atoms with Crippen LogP contribution in [0.4, 0.5) is 0 Å². The highest BCUT2D eigenvalue weighted by Gasteiger charge is 2.33. The zero-order valence-corrected chi connectivity index (χ0v) is 12.7. The van der Waals surface area contributed by atoms with E-state index in [1.165, 1.54) is 5.56 Å². The van der Waals surface area contributed by atoms with Crippen LogP contribution in [0.5, 0.6) is 5.75 Å². The van der Waals surface area contributed by atoms with Crippen LogP contribution in [0.2, 0.25) is 0 Å². The second-order valence-corrected chi connectivity index (χ2v) is 6.10. The summed E-state index contributed by atoms with van der Waals surface area (Å²) in [6, 6.07) is 8.43. The summed E-state index contributed by atoms with van der Waals surface area (Å²) in [5.41, 5.74) is 1.43. The van der Waals surface area contributed by atoms with Gasteiger partial charge in [-0.2, -0.15) is 0 Å². The first-order chi connectivity index (χ1) is 10.2. The second kappa shape index (κ2) is 5.93. The van der Waals surface area contributed by atoms with Crippen LogP contribution in [-0.4, -0.2) is 39.4 Å². The minimum Gasteiger partial charge on any atom is -0.493 e. The normalized spacial score (nSPS) is 23.5. The van der Waals surface area contributed by atoms with E-state index in [0.29, 0.717) is 0 Å². The van der Waals surface area contributed by atoms with Crippen molar-refractivity contribution in [2.24, 2.45) is 10.4 Å². The zero-order chi connectivity index (χ0) is 14.7. The highest BCUT2D eigenvalue weighted by atomic mass is 16.5. The molecule has 1 atom stereocenters. The van der Waals surface area contributed by atoms with Crippen LogP contribution >= 0.6 is 0 Å². The van der Waals surface area contributed by atoms with Gasteiger partial charge in [0.2, 0.25) is 0 Å². The summed E-state index contributed by atoms with van der Waals surface area (Å²) < 4.78 is 11.0. The molecule has 1 fully saturated rings. The minimum atomic E-state index is 0.227. The van der Waals surface area contributed by atoms with Crippen LogP contribution in [0.3, 0.4) is 0 Å². The largest absolute Gasteiger partial charge is 0.493 e. The molecule has 2 heterocycles. The first kappa shape index (κ1) is 14.2. The van der Waals surface area contributed by atoms with Gasteiger partial charge in [0, 0.05) is 31.0 Å². The van der Waals surface area contributed by atoms with Gasteiger partial charge in [-0.3, -0.25) is 4.99 Å². The molecule has 1 aromatic carbocycles. The summed E-state index contributed by atoms with van der Waals surface area (Å²) in [6.07, 6.45) is 0.943. The van der Waals surface area contributed by atoms with Gasteiger partial charge < -0.3 is 20.1 Å². The Balaban J connectivity index is 1.62. The molecule has 0 spiro atoms. The van der Waals surface area contributed by atoms with Gasteiger partial charge in [-0.15, -0.1) is 0 Å². The predicted octanol–water partition coefficient (Wildman–Crippen LogP) is 1.71. The number of hydrogen-bond donors (Lipinski definition) is 2. The van der Waals surface area contributed by atoms with Crippen molar-refractivity contribution in [3.05, 3.63) is 29.8 Å². The van der Waals surface area contributed by atoms with Crippen molar-refractivity contribution in [2.75, 3.05) is 33.4 Å². The lowest BCUT2D eigenvalue weighted by Gasteiger charge is -2.38. The van der Waals surface area contributed by atoms with Crippen LogP contribution in [0.1, 0.15) is 24.9 Å². The highest BCUT2D eigenvalue weighted by molar-refractivity contribution is 5.80. The minimum absolute atomic E-state index is 0.227. The average Bonchev–Trinajstić information content (AvgIpc) is 2.49. The fraction of sp³-hybridized carbons (Fsp3) is 0.562. The van der Waals surface area contributed by atoms with Crippen LogP contribution in [0.25, 0.3) is 0 Å². The molecule has 21 heavy (non-hydrogen) atoms. The number of aliphatic imine (C=N–C) groups is 1. The molecule has 0 radical (unpaired) electrons. The number of nitrogens with zero attached hydrogens (tertiary/aromatic N) is 1. The maximum atomic E-state index is 5.69. The van der Waals surface area contributed by atoms with Gasteiger partial charge in [0.05, 0.1) is 25.9 Å². The van der Waals surface area contributed by atoms with Crippen molar-refractivity contribution in [3.63, 3.8) is 0 Å². The van der Waals surface area contributed by atoms with Crippen LogP contribution in [-0.2, 0) is 4.74 Å². The summed E-state index contributed by atoms with van der Waals surface area (Å²) in [5, 5.41) is 6.91. The number of ether oxygens (including phenoxy) is 2. The second-order valence-electron chi connectivity index (χ2n) is 6.10. The van der Waals surface area contributed by atoms with Crippen molar-refractivity contribution in [1.82, 2.24) is 10.6 Å². The van der Waals surface area contributed by atoms with E-state index in [4.69, 9.17) is 9.47 Å². The van der Waals surface area contributed by atoms with E-state index in [1.54, 1.807) is 7.05 Å². The Morgan fingerprint density at radius 1 is 1.38 bits per heavy atom. The number of fused-ring (bicyclic) bond motifs is 1. The van der Waals surface area contributed by atoms with Gasteiger partial charge in [0.25, 0.3) is 0 Å². The van der Waals surface area contributed by atoms with Crippen LogP contribution in [0.15, 0.2) is 29.3 Å². The molecule has 1 aromatic rings. The monoisotopic (exact) mass is 289 g/mol. The topological polar surface area (TPSA) is 54.9 Å². The van der Waals surface area contributed by atoms with Gasteiger partial charge in [-0.05, 0) is 6.07 Å². The summed E-state index contributed by atoms with van der Waals surface area (Å²) in [4.78, 5) is 4.33. The van der Waals surface area contributed by atoms with Gasteiger partial charge in [0.15, 0.2) is 5.96 Å². The van der Waals surface area contributed by atoms with Gasteiger partial charge >= 0.3 is 0 Å². The molecule has 0 aliphatic carbocycles. The Kier molecular flexibility index (Phi) is 4.01. The molecule has 0 bridgehead atoms. The van der Waals surface area contributed by atoms with Crippen LogP contribution < -0.4 is 15.4 Å². The lowest BCUT2D eigenvalue weighted by Crippen LogP contribution is -2.51. The first-order valence-electron chi connectivity index (χ1n) is 7.47. The molecule has 1 unspecified atom stereocenters. The third-order valence-electron chi connectivity index (χ3n) is 4.08. The summed E-state index contributed by atoms with van der Waals surface area (Å²) >= 11 is 0. The molecule has 0 amide bonds. The molecule has 0 saturated carbocycles. The fourth-order valence-corrected chi connectivity index (χ4v) is 2.70. The van der Waals surface area contributed by atoms with E-state index >= 15 is 0 Å². The van der Waals surface area contributed by atoms with E-state index < -0.39 is 0 Å². The molecule has 2 aliphatic rings. The lowest BCUT2D eigenvalue weighted by molar-refractivity contribution is -0.0971. The Hall–Kier alpha value is -1.75. The molecule has 0 aromatic heterocycles. The maximum absolute atomic E-state index is 5.69. The molecule has 5 nitrogen and oxygen atoms in total. The molecule has 1 saturated heterocycles. The molecule has 5 heteroatoms. The van der Waals surface area contributed by atoms with Crippen molar-refractivity contribution in [1.29, 1.82) is 0 Å². The molecule has 3 rings (SSSR count). The highest BCUT2D eigenvalue weighted by Crippen LogP contribution is 2.31. The number of para-hydroxylation sites is 1. The number of nitrogens with one attached hydrogen (secondary N) is 2. The van der Waals surface area contributed by atoms with E-state index in [9.17, 15) is 0 Å². The smallest absolute Gasteiger partial charge is 0.191 e. The predicted molar refractivity (Wildman–Crippen MR) is 82.7 cm³/mol. The quantitative estimate of drug-likeness (QED) is 0.657. The van der Waals surface area contributed by atoms with Crippen LogP contribution in [0, 0.1) is 5.41 Å². The van der Waals surface area contributed by atoms with Crippen molar-refractivity contribution >= 4 is 5.96 Å². The van der Waals surface area contributed by atoms with Crippen molar-refractivity contribution in [2.45, 2.75) is 19.4 Å². The Morgan fingerprint density at radius 3 is 2.90 bits per heavy atom. The van der Waals surface area contributed by atoms with E-state index in [2.05, 4.69) is 28.6 Å². The van der Waals surface area contributed by atoms with Gasteiger partial charge in [0.1, 0.15) is 5.75 Å². The number of benzene rings is 1. The number of rotatable bonds is 3. The molecular formula is C16H23N3O2. The standard InChI is InChI=1S/C16H23N3O2/c1-16(10-20-11-16)9-18-15(17-2)19-13-7-8-21-14-6-4-3-5-12(13)14/h3-6,13H,7-11H2,1-2H3,(H2,17,18,19). The van der Waals surface area contributed by atoms with Gasteiger partial charge in [-0.25, -0.2) is 0 Å². The SMILES string of the molecule is CN=C(NCC1(C)COC1)NC1CCOc2ccccc21. The molecule has 114 valence electrons. The van der Waals surface area contributed by atoms with Gasteiger partial charge in [-0.1, -0.05) is 25.1 Å². The van der Waals surface area contributed by atoms with Crippen molar-refractivity contribution < 1.29 is 9.47 Å². The van der Waals surface area contributed by atoms with Crippen molar-refractivity contribution in [3.8, 4) is 5.75 Å². The molecule has 2 aliphatic heterocycles. The fourth-order valence-electron chi connectivity index (χ4n) is 2.70. The summed E-state index contributed by atoms with van der Waals surface area (Å²) in [5.74, 6) is 1.81. The lowest BCUT2D eigenvalue weighted by atomic mass is 9.89. The Bertz CT molecular complexity index is 526.